The van der Waals surface area contributed by atoms with Crippen LogP contribution in [0.1, 0.15) is 6.92 Å². The predicted octanol–water partition coefficient (Wildman–Crippen LogP) is 3.24. The molecule has 2 aromatic rings. The molecule has 1 aromatic carbocycles. The highest BCUT2D eigenvalue weighted by Crippen LogP contribution is 2.26. The molecule has 0 radical (unpaired) electrons. The average molecular weight is 305 g/mol. The summed E-state index contributed by atoms with van der Waals surface area (Å²) in [6, 6.07) is 8.72. The van der Waals surface area contributed by atoms with Gasteiger partial charge in [0, 0.05) is 24.8 Å². The van der Waals surface area contributed by atoms with Crippen LogP contribution in [0.25, 0.3) is 11.3 Å². The van der Waals surface area contributed by atoms with Gasteiger partial charge in [-0.2, -0.15) is 0 Å². The second-order valence-corrected chi connectivity index (χ2v) is 4.45. The van der Waals surface area contributed by atoms with Crippen LogP contribution >= 0.6 is 0 Å². The van der Waals surface area contributed by atoms with Gasteiger partial charge in [0.2, 0.25) is 5.82 Å². The third-order valence-corrected chi connectivity index (χ3v) is 2.95. The van der Waals surface area contributed by atoms with Gasteiger partial charge in [0.1, 0.15) is 5.82 Å². The summed E-state index contributed by atoms with van der Waals surface area (Å²) in [5.41, 5.74) is 1.11. The fourth-order valence-electron chi connectivity index (χ4n) is 1.90. The molecule has 0 aliphatic carbocycles. The van der Waals surface area contributed by atoms with Crippen molar-refractivity contribution in [3.8, 4) is 11.3 Å². The van der Waals surface area contributed by atoms with E-state index < -0.39 is 4.92 Å². The van der Waals surface area contributed by atoms with E-state index in [2.05, 4.69) is 10.3 Å². The summed E-state index contributed by atoms with van der Waals surface area (Å²) in [5, 5.41) is 13.9. The number of hydrogen-bond donors (Lipinski definition) is 1. The van der Waals surface area contributed by atoms with Gasteiger partial charge in [-0.3, -0.25) is 10.1 Å². The lowest BCUT2D eigenvalue weighted by Gasteiger charge is -2.08. The number of aromatic nitrogens is 1. The summed E-state index contributed by atoms with van der Waals surface area (Å²) in [5.74, 6) is -0.174. The molecule has 0 bridgehead atoms. The SMILES string of the molecule is CCOCCNc1nc(-c2ccc(F)cc2)ccc1[N+](=O)[O-]. The number of rotatable bonds is 7. The molecule has 1 aromatic heterocycles. The molecule has 0 atom stereocenters. The van der Waals surface area contributed by atoms with E-state index in [0.717, 1.165) is 0 Å². The van der Waals surface area contributed by atoms with E-state index in [4.69, 9.17) is 4.74 Å². The van der Waals surface area contributed by atoms with E-state index in [9.17, 15) is 14.5 Å². The number of nitrogens with zero attached hydrogens (tertiary/aromatic N) is 2. The molecule has 2 rings (SSSR count). The summed E-state index contributed by atoms with van der Waals surface area (Å²) in [6.45, 7) is 3.29. The molecule has 0 fully saturated rings. The molecule has 0 aliphatic heterocycles. The molecule has 116 valence electrons. The molecule has 0 spiro atoms. The first-order valence-electron chi connectivity index (χ1n) is 6.85. The van der Waals surface area contributed by atoms with Gasteiger partial charge in [0.25, 0.3) is 0 Å². The lowest BCUT2D eigenvalue weighted by molar-refractivity contribution is -0.384. The van der Waals surface area contributed by atoms with Crippen LogP contribution < -0.4 is 5.32 Å². The van der Waals surface area contributed by atoms with E-state index >= 15 is 0 Å². The molecule has 22 heavy (non-hydrogen) atoms. The van der Waals surface area contributed by atoms with E-state index in [-0.39, 0.29) is 17.3 Å². The topological polar surface area (TPSA) is 77.3 Å². The fourth-order valence-corrected chi connectivity index (χ4v) is 1.90. The number of benzene rings is 1. The third-order valence-electron chi connectivity index (χ3n) is 2.95. The molecule has 1 N–H and O–H groups in total. The van der Waals surface area contributed by atoms with Crippen molar-refractivity contribution < 1.29 is 14.1 Å². The number of hydrogen-bond acceptors (Lipinski definition) is 5. The van der Waals surface area contributed by atoms with Crippen molar-refractivity contribution in [1.29, 1.82) is 0 Å². The molecular formula is C15H16FN3O3. The van der Waals surface area contributed by atoms with E-state index in [1.807, 2.05) is 6.92 Å². The van der Waals surface area contributed by atoms with Crippen molar-refractivity contribution in [2.24, 2.45) is 0 Å². The number of nitrogens with one attached hydrogen (secondary N) is 1. The van der Waals surface area contributed by atoms with Crippen LogP contribution in [0.2, 0.25) is 0 Å². The minimum atomic E-state index is -0.496. The highest BCUT2D eigenvalue weighted by molar-refractivity contribution is 5.66. The summed E-state index contributed by atoms with van der Waals surface area (Å²) in [6.07, 6.45) is 0. The second kappa shape index (κ2) is 7.46. The molecule has 0 saturated heterocycles. The zero-order chi connectivity index (χ0) is 15.9. The molecule has 0 unspecified atom stereocenters. The first-order valence-corrected chi connectivity index (χ1v) is 6.85. The Labute approximate surface area is 127 Å². The average Bonchev–Trinajstić information content (AvgIpc) is 2.52. The molecule has 1 heterocycles. The molecule has 0 saturated carbocycles. The van der Waals surface area contributed by atoms with Gasteiger partial charge in [0.05, 0.1) is 17.2 Å². The van der Waals surface area contributed by atoms with Crippen molar-refractivity contribution in [3.63, 3.8) is 0 Å². The Bertz CT molecular complexity index is 647. The van der Waals surface area contributed by atoms with Gasteiger partial charge in [-0.1, -0.05) is 0 Å². The van der Waals surface area contributed by atoms with Crippen molar-refractivity contribution in [3.05, 3.63) is 52.3 Å². The van der Waals surface area contributed by atoms with Crippen molar-refractivity contribution in [2.75, 3.05) is 25.1 Å². The first-order chi connectivity index (χ1) is 10.6. The van der Waals surface area contributed by atoms with Gasteiger partial charge in [-0.15, -0.1) is 0 Å². The standard InChI is InChI=1S/C15H16FN3O3/c1-2-22-10-9-17-15-14(19(20)21)8-7-13(18-15)11-3-5-12(16)6-4-11/h3-8H,2,9-10H2,1H3,(H,17,18). The number of ether oxygens (including phenoxy) is 1. The second-order valence-electron chi connectivity index (χ2n) is 4.45. The summed E-state index contributed by atoms with van der Waals surface area (Å²) in [7, 11) is 0. The minimum absolute atomic E-state index is 0.109. The number of anilines is 1. The number of halogens is 1. The Morgan fingerprint density at radius 2 is 2.00 bits per heavy atom. The smallest absolute Gasteiger partial charge is 0.311 e. The van der Waals surface area contributed by atoms with Crippen LogP contribution in [0, 0.1) is 15.9 Å². The Morgan fingerprint density at radius 1 is 1.27 bits per heavy atom. The molecule has 7 heteroatoms. The molecule has 0 amide bonds. The monoisotopic (exact) mass is 305 g/mol. The lowest BCUT2D eigenvalue weighted by Crippen LogP contribution is -2.12. The van der Waals surface area contributed by atoms with Crippen LogP contribution in [-0.4, -0.2) is 29.7 Å². The summed E-state index contributed by atoms with van der Waals surface area (Å²) in [4.78, 5) is 14.8. The van der Waals surface area contributed by atoms with E-state index in [1.54, 1.807) is 18.2 Å². The van der Waals surface area contributed by atoms with Crippen LogP contribution in [0.5, 0.6) is 0 Å². The van der Waals surface area contributed by atoms with Gasteiger partial charge in [-0.05, 0) is 37.3 Å². The fraction of sp³-hybridized carbons (Fsp3) is 0.267. The maximum atomic E-state index is 13.0. The van der Waals surface area contributed by atoms with Gasteiger partial charge in [0.15, 0.2) is 0 Å². The Balaban J connectivity index is 2.25. The highest BCUT2D eigenvalue weighted by Gasteiger charge is 2.16. The van der Waals surface area contributed by atoms with Crippen molar-refractivity contribution in [2.45, 2.75) is 6.92 Å². The minimum Gasteiger partial charge on any atom is -0.380 e. The summed E-state index contributed by atoms with van der Waals surface area (Å²) >= 11 is 0. The van der Waals surface area contributed by atoms with Gasteiger partial charge < -0.3 is 10.1 Å². The van der Waals surface area contributed by atoms with Crippen molar-refractivity contribution in [1.82, 2.24) is 4.98 Å². The first kappa shape index (κ1) is 15.8. The Hall–Kier alpha value is -2.54. The van der Waals surface area contributed by atoms with E-state index in [0.29, 0.717) is 31.0 Å². The molecule has 0 aliphatic rings. The normalized spacial score (nSPS) is 10.5. The third kappa shape index (κ3) is 3.98. The van der Waals surface area contributed by atoms with Gasteiger partial charge >= 0.3 is 5.69 Å². The van der Waals surface area contributed by atoms with Crippen molar-refractivity contribution >= 4 is 11.5 Å². The quantitative estimate of drug-likeness (QED) is 0.482. The van der Waals surface area contributed by atoms with Gasteiger partial charge in [-0.25, -0.2) is 9.37 Å². The molecule has 6 nitrogen and oxygen atoms in total. The Morgan fingerprint density at radius 3 is 2.64 bits per heavy atom. The maximum absolute atomic E-state index is 13.0. The zero-order valence-electron chi connectivity index (χ0n) is 12.1. The van der Waals surface area contributed by atoms with Crippen LogP contribution in [0.3, 0.4) is 0 Å². The van der Waals surface area contributed by atoms with Crippen LogP contribution in [-0.2, 0) is 4.74 Å². The maximum Gasteiger partial charge on any atom is 0.311 e. The lowest BCUT2D eigenvalue weighted by atomic mass is 10.1. The predicted molar refractivity (Wildman–Crippen MR) is 81.3 cm³/mol. The number of nitro groups is 1. The molecular weight excluding hydrogens is 289 g/mol. The van der Waals surface area contributed by atoms with Crippen LogP contribution in [0.4, 0.5) is 15.9 Å². The summed E-state index contributed by atoms with van der Waals surface area (Å²) < 4.78 is 18.1. The highest BCUT2D eigenvalue weighted by atomic mass is 19.1. The van der Waals surface area contributed by atoms with E-state index in [1.165, 1.54) is 18.2 Å². The Kier molecular flexibility index (Phi) is 5.37. The largest absolute Gasteiger partial charge is 0.380 e. The zero-order valence-corrected chi connectivity index (χ0v) is 12.1. The number of pyridine rings is 1. The van der Waals surface area contributed by atoms with Crippen LogP contribution in [0.15, 0.2) is 36.4 Å².